The molecule has 0 spiro atoms. The molecule has 3 aromatic rings. The lowest BCUT2D eigenvalue weighted by atomic mass is 10.2. The Kier molecular flexibility index (Phi) is 5.74. The molecule has 1 unspecified atom stereocenters. The Balaban J connectivity index is 1.59. The number of carbonyl (C=O) groups excluding carboxylic acids is 2. The summed E-state index contributed by atoms with van der Waals surface area (Å²) in [6.45, 7) is 1.34. The van der Waals surface area contributed by atoms with Crippen molar-refractivity contribution in [2.75, 3.05) is 5.32 Å². The van der Waals surface area contributed by atoms with E-state index in [9.17, 15) is 18.4 Å². The average molecular weight is 382 g/mol. The van der Waals surface area contributed by atoms with Crippen LogP contribution in [-0.2, 0) is 14.3 Å². The van der Waals surface area contributed by atoms with E-state index < -0.39 is 29.6 Å². The van der Waals surface area contributed by atoms with Gasteiger partial charge in [-0.1, -0.05) is 24.3 Å². The Morgan fingerprint density at radius 3 is 2.68 bits per heavy atom. The van der Waals surface area contributed by atoms with Crippen molar-refractivity contribution in [3.05, 3.63) is 78.0 Å². The van der Waals surface area contributed by atoms with E-state index in [4.69, 9.17) is 4.74 Å². The minimum atomic E-state index is -1.17. The molecule has 1 atom stereocenters. The highest BCUT2D eigenvalue weighted by atomic mass is 19.1. The first-order chi connectivity index (χ1) is 13.4. The number of nitrogens with one attached hydrogen (secondary N) is 1. The molecule has 0 aliphatic carbocycles. The predicted molar refractivity (Wildman–Crippen MR) is 101 cm³/mol. The lowest BCUT2D eigenvalue weighted by Crippen LogP contribution is -2.29. The summed E-state index contributed by atoms with van der Waals surface area (Å²) in [6.07, 6.45) is 1.45. The molecular formula is C21H16F2N2O3. The molecule has 1 aromatic heterocycles. The van der Waals surface area contributed by atoms with Crippen LogP contribution in [0.1, 0.15) is 12.6 Å². The van der Waals surface area contributed by atoms with Crippen molar-refractivity contribution in [3.63, 3.8) is 0 Å². The van der Waals surface area contributed by atoms with Gasteiger partial charge in [0.25, 0.3) is 5.91 Å². The number of anilines is 1. The van der Waals surface area contributed by atoms with Gasteiger partial charge in [0.15, 0.2) is 6.10 Å². The van der Waals surface area contributed by atoms with Crippen LogP contribution in [0.5, 0.6) is 0 Å². The van der Waals surface area contributed by atoms with Crippen molar-refractivity contribution in [1.29, 1.82) is 0 Å². The van der Waals surface area contributed by atoms with Crippen LogP contribution in [0.3, 0.4) is 0 Å². The van der Waals surface area contributed by atoms with Gasteiger partial charge in [0.2, 0.25) is 0 Å². The van der Waals surface area contributed by atoms with Gasteiger partial charge in [0.05, 0.1) is 16.9 Å². The predicted octanol–water partition coefficient (Wildman–Crippen LogP) is 4.10. The van der Waals surface area contributed by atoms with Gasteiger partial charge in [-0.25, -0.2) is 18.6 Å². The smallest absolute Gasteiger partial charge is 0.331 e. The van der Waals surface area contributed by atoms with E-state index in [1.807, 2.05) is 30.3 Å². The fourth-order valence-corrected chi connectivity index (χ4v) is 2.42. The van der Waals surface area contributed by atoms with Crippen LogP contribution in [-0.4, -0.2) is 23.0 Å². The monoisotopic (exact) mass is 382 g/mol. The minimum absolute atomic E-state index is 0.204. The zero-order valence-corrected chi connectivity index (χ0v) is 14.9. The van der Waals surface area contributed by atoms with Crippen LogP contribution in [0.2, 0.25) is 0 Å². The number of esters is 1. The zero-order chi connectivity index (χ0) is 20.1. The van der Waals surface area contributed by atoms with Crippen molar-refractivity contribution >= 4 is 34.5 Å². The molecule has 0 fully saturated rings. The van der Waals surface area contributed by atoms with E-state index in [1.165, 1.54) is 13.0 Å². The van der Waals surface area contributed by atoms with Gasteiger partial charge in [-0.15, -0.1) is 0 Å². The normalized spacial score (nSPS) is 12.1. The molecule has 0 saturated carbocycles. The summed E-state index contributed by atoms with van der Waals surface area (Å²) >= 11 is 0. The highest BCUT2D eigenvalue weighted by Crippen LogP contribution is 2.16. The van der Waals surface area contributed by atoms with Crippen LogP contribution in [0.15, 0.2) is 60.7 Å². The third-order valence-corrected chi connectivity index (χ3v) is 3.86. The van der Waals surface area contributed by atoms with Crippen LogP contribution in [0.4, 0.5) is 14.5 Å². The Labute approximate surface area is 159 Å². The molecule has 28 heavy (non-hydrogen) atoms. The van der Waals surface area contributed by atoms with Crippen molar-refractivity contribution in [1.82, 2.24) is 4.98 Å². The maximum atomic E-state index is 13.6. The number of amides is 1. The summed E-state index contributed by atoms with van der Waals surface area (Å²) < 4.78 is 31.5. The number of para-hydroxylation sites is 1. The Hall–Kier alpha value is -3.61. The highest BCUT2D eigenvalue weighted by molar-refractivity contribution is 5.96. The quantitative estimate of drug-likeness (QED) is 0.533. The molecule has 1 amide bonds. The molecule has 0 saturated heterocycles. The Morgan fingerprint density at radius 1 is 1.11 bits per heavy atom. The van der Waals surface area contributed by atoms with Crippen molar-refractivity contribution < 1.29 is 23.1 Å². The molecule has 0 aliphatic heterocycles. The molecule has 1 heterocycles. The summed E-state index contributed by atoms with van der Waals surface area (Å²) in [5.74, 6) is -3.18. The average Bonchev–Trinajstić information content (AvgIpc) is 2.68. The molecule has 2 aromatic carbocycles. The maximum absolute atomic E-state index is 13.6. The molecule has 0 radical (unpaired) electrons. The number of hydrogen-bond acceptors (Lipinski definition) is 4. The zero-order valence-electron chi connectivity index (χ0n) is 14.9. The number of benzene rings is 2. The van der Waals surface area contributed by atoms with E-state index in [-0.39, 0.29) is 5.69 Å². The fourth-order valence-electron chi connectivity index (χ4n) is 2.42. The van der Waals surface area contributed by atoms with Crippen LogP contribution in [0, 0.1) is 11.6 Å². The van der Waals surface area contributed by atoms with Gasteiger partial charge in [0.1, 0.15) is 11.6 Å². The van der Waals surface area contributed by atoms with Crippen LogP contribution >= 0.6 is 0 Å². The largest absolute Gasteiger partial charge is 0.449 e. The van der Waals surface area contributed by atoms with Crippen molar-refractivity contribution in [2.45, 2.75) is 13.0 Å². The number of ether oxygens (including phenoxy) is 1. The fraction of sp³-hybridized carbons (Fsp3) is 0.0952. The van der Waals surface area contributed by atoms with E-state index >= 15 is 0 Å². The summed E-state index contributed by atoms with van der Waals surface area (Å²) in [5.41, 5.74) is 1.14. The number of carbonyl (C=O) groups is 2. The number of rotatable bonds is 5. The second kappa shape index (κ2) is 8.39. The lowest BCUT2D eigenvalue weighted by Gasteiger charge is -2.12. The minimum Gasteiger partial charge on any atom is -0.449 e. The Bertz CT molecular complexity index is 1070. The lowest BCUT2D eigenvalue weighted by molar-refractivity contribution is -0.148. The molecule has 5 nitrogen and oxygen atoms in total. The molecule has 3 rings (SSSR count). The summed E-state index contributed by atoms with van der Waals surface area (Å²) in [6, 6.07) is 13.9. The van der Waals surface area contributed by atoms with Gasteiger partial charge < -0.3 is 10.1 Å². The third kappa shape index (κ3) is 4.76. The first-order valence-electron chi connectivity index (χ1n) is 8.43. The highest BCUT2D eigenvalue weighted by Gasteiger charge is 2.18. The molecule has 1 N–H and O–H groups in total. The van der Waals surface area contributed by atoms with Gasteiger partial charge >= 0.3 is 5.97 Å². The van der Waals surface area contributed by atoms with E-state index in [0.717, 1.165) is 29.1 Å². The SMILES string of the molecule is CC(OC(=O)/C=C/c1ccc2ccccc2n1)C(=O)Nc1ccc(F)cc1F. The second-order valence-electron chi connectivity index (χ2n) is 5.95. The Morgan fingerprint density at radius 2 is 1.89 bits per heavy atom. The van der Waals surface area contributed by atoms with Gasteiger partial charge in [-0.05, 0) is 37.3 Å². The number of fused-ring (bicyclic) bond motifs is 1. The molecule has 7 heteroatoms. The molecule has 0 bridgehead atoms. The van der Waals surface area contributed by atoms with E-state index in [0.29, 0.717) is 11.8 Å². The number of pyridine rings is 1. The summed E-state index contributed by atoms with van der Waals surface area (Å²) in [7, 11) is 0. The van der Waals surface area contributed by atoms with Crippen LogP contribution in [0.25, 0.3) is 17.0 Å². The van der Waals surface area contributed by atoms with Gasteiger partial charge in [-0.3, -0.25) is 4.79 Å². The first-order valence-corrected chi connectivity index (χ1v) is 8.43. The number of hydrogen-bond donors (Lipinski definition) is 1. The molecule has 142 valence electrons. The van der Waals surface area contributed by atoms with Crippen molar-refractivity contribution in [2.24, 2.45) is 0 Å². The topological polar surface area (TPSA) is 68.3 Å². The standard InChI is InChI=1S/C21H16F2N2O3/c1-13(21(27)25-19-10-7-15(22)12-17(19)23)28-20(26)11-9-16-8-6-14-4-2-3-5-18(14)24-16/h2-13H,1H3,(H,25,27)/b11-9+. The molecular weight excluding hydrogens is 366 g/mol. The maximum Gasteiger partial charge on any atom is 0.331 e. The second-order valence-corrected chi connectivity index (χ2v) is 5.95. The van der Waals surface area contributed by atoms with Gasteiger partial charge in [-0.2, -0.15) is 0 Å². The molecule has 0 aliphatic rings. The summed E-state index contributed by atoms with van der Waals surface area (Å²) in [5, 5.41) is 3.21. The van der Waals surface area contributed by atoms with E-state index in [2.05, 4.69) is 10.3 Å². The third-order valence-electron chi connectivity index (χ3n) is 3.86. The first kappa shape index (κ1) is 19.2. The van der Waals surface area contributed by atoms with Crippen LogP contribution < -0.4 is 5.32 Å². The van der Waals surface area contributed by atoms with Gasteiger partial charge in [0, 0.05) is 17.5 Å². The number of nitrogens with zero attached hydrogens (tertiary/aromatic N) is 1. The number of halogens is 2. The van der Waals surface area contributed by atoms with E-state index in [1.54, 1.807) is 6.07 Å². The summed E-state index contributed by atoms with van der Waals surface area (Å²) in [4.78, 5) is 28.3. The number of aromatic nitrogens is 1. The van der Waals surface area contributed by atoms with Crippen molar-refractivity contribution in [3.8, 4) is 0 Å².